The first-order valence-corrected chi connectivity index (χ1v) is 6.28. The van der Waals surface area contributed by atoms with Crippen LogP contribution in [0.2, 0.25) is 0 Å². The summed E-state index contributed by atoms with van der Waals surface area (Å²) in [5, 5.41) is 20.5. The van der Waals surface area contributed by atoms with Crippen molar-refractivity contribution >= 4 is 17.6 Å². The van der Waals surface area contributed by atoms with E-state index in [2.05, 4.69) is 5.32 Å². The number of hydrogen-bond acceptors (Lipinski definition) is 4. The summed E-state index contributed by atoms with van der Waals surface area (Å²) >= 11 is 0. The zero-order valence-corrected chi connectivity index (χ0v) is 11.7. The molecule has 0 unspecified atom stereocenters. The molecule has 2 rings (SSSR count). The Hall–Kier alpha value is -3.33. The van der Waals surface area contributed by atoms with Crippen molar-refractivity contribution in [2.24, 2.45) is 0 Å². The summed E-state index contributed by atoms with van der Waals surface area (Å²) in [4.78, 5) is 23.4. The Morgan fingerprint density at radius 2 is 2.00 bits per heavy atom. The van der Waals surface area contributed by atoms with Gasteiger partial charge in [-0.25, -0.2) is 4.79 Å². The van der Waals surface area contributed by atoms with Gasteiger partial charge >= 0.3 is 5.97 Å². The normalized spacial score (nSPS) is 9.64. The van der Waals surface area contributed by atoms with Gasteiger partial charge in [0.2, 0.25) is 0 Å². The molecule has 0 radical (unpaired) electrons. The van der Waals surface area contributed by atoms with Crippen LogP contribution in [-0.2, 0) is 0 Å². The third kappa shape index (κ3) is 3.22. The molecule has 6 nitrogen and oxygen atoms in total. The van der Waals surface area contributed by atoms with Gasteiger partial charge in [-0.1, -0.05) is 6.07 Å². The number of hydrogen-bond donors (Lipinski definition) is 2. The van der Waals surface area contributed by atoms with Gasteiger partial charge in [-0.3, -0.25) is 4.79 Å². The van der Waals surface area contributed by atoms with E-state index in [4.69, 9.17) is 10.00 Å². The fourth-order valence-corrected chi connectivity index (χ4v) is 1.86. The number of methoxy groups -OCH3 is 1. The molecule has 1 amide bonds. The molecule has 0 aliphatic heterocycles. The average Bonchev–Trinajstić information content (AvgIpc) is 2.55. The monoisotopic (exact) mass is 296 g/mol. The van der Waals surface area contributed by atoms with Crippen molar-refractivity contribution in [1.82, 2.24) is 0 Å². The lowest BCUT2D eigenvalue weighted by Crippen LogP contribution is -2.15. The van der Waals surface area contributed by atoms with Crippen molar-refractivity contribution in [3.63, 3.8) is 0 Å². The minimum atomic E-state index is -1.22. The number of rotatable bonds is 4. The van der Waals surface area contributed by atoms with Crippen LogP contribution in [0.4, 0.5) is 5.69 Å². The molecular weight excluding hydrogens is 284 g/mol. The predicted octanol–water partition coefficient (Wildman–Crippen LogP) is 2.52. The summed E-state index contributed by atoms with van der Waals surface area (Å²) in [5.74, 6) is -1.17. The molecule has 0 aliphatic carbocycles. The Bertz CT molecular complexity index is 778. The van der Waals surface area contributed by atoms with E-state index >= 15 is 0 Å². The Kier molecular flexibility index (Phi) is 4.39. The number of benzene rings is 2. The molecule has 110 valence electrons. The second-order valence-corrected chi connectivity index (χ2v) is 4.36. The van der Waals surface area contributed by atoms with Gasteiger partial charge < -0.3 is 15.2 Å². The van der Waals surface area contributed by atoms with E-state index in [0.29, 0.717) is 11.3 Å². The second kappa shape index (κ2) is 6.41. The number of carbonyl (C=O) groups is 2. The smallest absolute Gasteiger partial charge is 0.337 e. The maximum Gasteiger partial charge on any atom is 0.337 e. The lowest BCUT2D eigenvalue weighted by atomic mass is 10.1. The van der Waals surface area contributed by atoms with E-state index < -0.39 is 11.9 Å². The number of carboxylic acids is 1. The van der Waals surface area contributed by atoms with E-state index in [1.54, 1.807) is 24.3 Å². The third-order valence-corrected chi connectivity index (χ3v) is 2.96. The van der Waals surface area contributed by atoms with Crippen LogP contribution < -0.4 is 10.1 Å². The molecule has 0 saturated carbocycles. The third-order valence-electron chi connectivity index (χ3n) is 2.96. The number of nitrogens with one attached hydrogen (secondary N) is 1. The van der Waals surface area contributed by atoms with Gasteiger partial charge in [0.05, 0.1) is 30.0 Å². The number of nitriles is 1. The zero-order valence-electron chi connectivity index (χ0n) is 11.7. The number of carboxylic acid groups (broad SMARTS) is 1. The fourth-order valence-electron chi connectivity index (χ4n) is 1.86. The first kappa shape index (κ1) is 15.1. The number of amides is 1. The van der Waals surface area contributed by atoms with Crippen LogP contribution in [0.3, 0.4) is 0 Å². The lowest BCUT2D eigenvalue weighted by Gasteiger charge is -2.09. The maximum atomic E-state index is 12.2. The van der Waals surface area contributed by atoms with Crippen LogP contribution in [-0.4, -0.2) is 24.1 Å². The largest absolute Gasteiger partial charge is 0.497 e. The summed E-state index contributed by atoms with van der Waals surface area (Å²) in [6, 6.07) is 12.4. The molecule has 2 N–H and O–H groups in total. The molecular formula is C16H12N2O4. The molecule has 22 heavy (non-hydrogen) atoms. The highest BCUT2D eigenvalue weighted by Crippen LogP contribution is 2.20. The summed E-state index contributed by atoms with van der Waals surface area (Å²) in [6.07, 6.45) is 0. The minimum Gasteiger partial charge on any atom is -0.497 e. The number of ether oxygens (including phenoxy) is 1. The van der Waals surface area contributed by atoms with Gasteiger partial charge in [-0.2, -0.15) is 5.26 Å². The average molecular weight is 296 g/mol. The SMILES string of the molecule is COc1cccc(C(=O)Nc2ccc(C#N)cc2C(=O)O)c1. The molecule has 0 bridgehead atoms. The highest BCUT2D eigenvalue weighted by atomic mass is 16.5. The predicted molar refractivity (Wildman–Crippen MR) is 79.1 cm³/mol. The van der Waals surface area contributed by atoms with Gasteiger partial charge in [-0.15, -0.1) is 0 Å². The van der Waals surface area contributed by atoms with Crippen LogP contribution in [0.5, 0.6) is 5.75 Å². The Balaban J connectivity index is 2.32. The van der Waals surface area contributed by atoms with E-state index in [9.17, 15) is 14.7 Å². The van der Waals surface area contributed by atoms with Crippen molar-refractivity contribution in [3.05, 3.63) is 59.2 Å². The first-order chi connectivity index (χ1) is 10.5. The molecule has 2 aromatic rings. The number of carbonyl (C=O) groups excluding carboxylic acids is 1. The van der Waals surface area contributed by atoms with Crippen molar-refractivity contribution in [3.8, 4) is 11.8 Å². The topological polar surface area (TPSA) is 99.4 Å². The Morgan fingerprint density at radius 1 is 1.23 bits per heavy atom. The second-order valence-electron chi connectivity index (χ2n) is 4.36. The molecule has 0 fully saturated rings. The van der Waals surface area contributed by atoms with Crippen LogP contribution in [0.15, 0.2) is 42.5 Å². The van der Waals surface area contributed by atoms with Crippen LogP contribution in [0.25, 0.3) is 0 Å². The summed E-state index contributed by atoms with van der Waals surface area (Å²) in [6.45, 7) is 0. The summed E-state index contributed by atoms with van der Waals surface area (Å²) < 4.78 is 5.04. The summed E-state index contributed by atoms with van der Waals surface area (Å²) in [7, 11) is 1.49. The lowest BCUT2D eigenvalue weighted by molar-refractivity contribution is 0.0698. The Labute approximate surface area is 126 Å². The van der Waals surface area contributed by atoms with E-state index in [1.165, 1.54) is 25.3 Å². The van der Waals surface area contributed by atoms with E-state index in [-0.39, 0.29) is 16.8 Å². The van der Waals surface area contributed by atoms with Gasteiger partial charge in [0.15, 0.2) is 0 Å². The maximum absolute atomic E-state index is 12.2. The first-order valence-electron chi connectivity index (χ1n) is 6.28. The van der Waals surface area contributed by atoms with Gasteiger partial charge in [0.1, 0.15) is 5.75 Å². The van der Waals surface area contributed by atoms with Crippen molar-refractivity contribution in [1.29, 1.82) is 5.26 Å². The molecule has 0 aromatic heterocycles. The zero-order chi connectivity index (χ0) is 16.1. The van der Waals surface area contributed by atoms with Crippen LogP contribution in [0.1, 0.15) is 26.3 Å². The number of anilines is 1. The van der Waals surface area contributed by atoms with E-state index in [0.717, 1.165) is 0 Å². The highest BCUT2D eigenvalue weighted by molar-refractivity contribution is 6.08. The number of nitrogens with zero attached hydrogens (tertiary/aromatic N) is 1. The van der Waals surface area contributed by atoms with Crippen molar-refractivity contribution < 1.29 is 19.4 Å². The summed E-state index contributed by atoms with van der Waals surface area (Å²) in [5.41, 5.74) is 0.520. The van der Waals surface area contributed by atoms with Gasteiger partial charge in [0, 0.05) is 5.56 Å². The molecule has 6 heteroatoms. The molecule has 0 spiro atoms. The number of aromatic carboxylic acids is 1. The highest BCUT2D eigenvalue weighted by Gasteiger charge is 2.14. The minimum absolute atomic E-state index is 0.124. The van der Waals surface area contributed by atoms with E-state index in [1.807, 2.05) is 6.07 Å². The molecule has 0 aliphatic rings. The van der Waals surface area contributed by atoms with Gasteiger partial charge in [0.25, 0.3) is 5.91 Å². The van der Waals surface area contributed by atoms with Crippen LogP contribution >= 0.6 is 0 Å². The quantitative estimate of drug-likeness (QED) is 0.903. The van der Waals surface area contributed by atoms with Crippen molar-refractivity contribution in [2.75, 3.05) is 12.4 Å². The van der Waals surface area contributed by atoms with Crippen molar-refractivity contribution in [2.45, 2.75) is 0 Å². The standard InChI is InChI=1S/C16H12N2O4/c1-22-12-4-2-3-11(8-12)15(19)18-14-6-5-10(9-17)7-13(14)16(20)21/h2-8H,1H3,(H,18,19)(H,20,21). The van der Waals surface area contributed by atoms with Crippen LogP contribution in [0, 0.1) is 11.3 Å². The molecule has 0 atom stereocenters. The molecule has 0 heterocycles. The molecule has 0 saturated heterocycles. The fraction of sp³-hybridized carbons (Fsp3) is 0.0625. The molecule has 2 aromatic carbocycles. The Morgan fingerprint density at radius 3 is 2.64 bits per heavy atom. The van der Waals surface area contributed by atoms with Gasteiger partial charge in [-0.05, 0) is 36.4 Å².